The molecular formula is C10H18ClF3N2. The Morgan fingerprint density at radius 1 is 0.938 bits per heavy atom. The highest BCUT2D eigenvalue weighted by atomic mass is 35.5. The average Bonchev–Trinajstić information content (AvgIpc) is 2.19. The first-order chi connectivity index (χ1) is 7.51. The van der Waals surface area contributed by atoms with Gasteiger partial charge in [-0.05, 0) is 13.0 Å². The molecule has 1 saturated heterocycles. The van der Waals surface area contributed by atoms with Crippen LogP contribution in [0.4, 0.5) is 13.2 Å². The Hall–Kier alpha value is 0. The van der Waals surface area contributed by atoms with Crippen molar-refractivity contribution >= 4 is 11.6 Å². The van der Waals surface area contributed by atoms with E-state index < -0.39 is 12.6 Å². The van der Waals surface area contributed by atoms with E-state index in [1.54, 1.807) is 0 Å². The van der Waals surface area contributed by atoms with Crippen molar-refractivity contribution in [2.24, 2.45) is 0 Å². The quantitative estimate of drug-likeness (QED) is 0.698. The van der Waals surface area contributed by atoms with Gasteiger partial charge in [0.2, 0.25) is 0 Å². The van der Waals surface area contributed by atoms with E-state index in [1.165, 1.54) is 0 Å². The number of hydrogen-bond acceptors (Lipinski definition) is 2. The van der Waals surface area contributed by atoms with Crippen molar-refractivity contribution in [2.45, 2.75) is 19.0 Å². The monoisotopic (exact) mass is 258 g/mol. The molecule has 6 heteroatoms. The van der Waals surface area contributed by atoms with Gasteiger partial charge in [-0.1, -0.05) is 0 Å². The summed E-state index contributed by atoms with van der Waals surface area (Å²) >= 11 is 5.62. The number of rotatable bonds is 5. The summed E-state index contributed by atoms with van der Waals surface area (Å²) in [7, 11) is 0. The first-order valence-corrected chi connectivity index (χ1v) is 6.12. The average molecular weight is 259 g/mol. The molecule has 0 unspecified atom stereocenters. The van der Waals surface area contributed by atoms with Gasteiger partial charge in [0.15, 0.2) is 0 Å². The molecular weight excluding hydrogens is 241 g/mol. The van der Waals surface area contributed by atoms with Crippen LogP contribution in [0.1, 0.15) is 12.8 Å². The second kappa shape index (κ2) is 6.67. The molecule has 0 aromatic heterocycles. The molecule has 0 aromatic carbocycles. The molecule has 0 aliphatic carbocycles. The molecule has 1 aliphatic heterocycles. The van der Waals surface area contributed by atoms with Crippen LogP contribution in [-0.2, 0) is 0 Å². The molecule has 0 N–H and O–H groups in total. The number of nitrogens with zero attached hydrogens (tertiary/aromatic N) is 2. The molecule has 1 rings (SSSR count). The Morgan fingerprint density at radius 2 is 1.44 bits per heavy atom. The van der Waals surface area contributed by atoms with Crippen LogP contribution in [-0.4, -0.2) is 61.1 Å². The summed E-state index contributed by atoms with van der Waals surface area (Å²) in [6.45, 7) is 4.97. The molecule has 1 aliphatic rings. The van der Waals surface area contributed by atoms with Crippen LogP contribution in [0.3, 0.4) is 0 Å². The van der Waals surface area contributed by atoms with E-state index in [9.17, 15) is 13.2 Å². The second-order valence-electron chi connectivity index (χ2n) is 4.09. The zero-order valence-corrected chi connectivity index (χ0v) is 10.0. The fourth-order valence-corrected chi connectivity index (χ4v) is 2.10. The Bertz CT molecular complexity index is 191. The van der Waals surface area contributed by atoms with E-state index in [2.05, 4.69) is 9.80 Å². The lowest BCUT2D eigenvalue weighted by Crippen LogP contribution is -2.47. The maximum absolute atomic E-state index is 11.9. The highest BCUT2D eigenvalue weighted by Gasteiger charge is 2.26. The topological polar surface area (TPSA) is 6.48 Å². The Balaban J connectivity index is 2.08. The summed E-state index contributed by atoms with van der Waals surface area (Å²) in [6.07, 6.45) is -4.48. The van der Waals surface area contributed by atoms with E-state index in [-0.39, 0.29) is 6.42 Å². The highest BCUT2D eigenvalue weighted by Crippen LogP contribution is 2.21. The standard InChI is InChI=1S/C10H18ClF3N2/c11-3-5-16-8-6-15(7-9-16)4-1-2-10(12,13)14/h1-9H2. The predicted molar refractivity (Wildman–Crippen MR) is 58.9 cm³/mol. The summed E-state index contributed by atoms with van der Waals surface area (Å²) in [6, 6.07) is 0. The van der Waals surface area contributed by atoms with Crippen LogP contribution in [0, 0.1) is 0 Å². The lowest BCUT2D eigenvalue weighted by Gasteiger charge is -2.34. The van der Waals surface area contributed by atoms with Crippen LogP contribution in [0.2, 0.25) is 0 Å². The summed E-state index contributed by atoms with van der Waals surface area (Å²) < 4.78 is 35.8. The maximum Gasteiger partial charge on any atom is 0.389 e. The number of piperazine rings is 1. The van der Waals surface area contributed by atoms with Crippen LogP contribution in [0.5, 0.6) is 0 Å². The van der Waals surface area contributed by atoms with Gasteiger partial charge in [-0.15, -0.1) is 11.6 Å². The third-order valence-corrected chi connectivity index (χ3v) is 2.97. The third-order valence-electron chi connectivity index (χ3n) is 2.80. The van der Waals surface area contributed by atoms with Gasteiger partial charge in [-0.2, -0.15) is 13.2 Å². The van der Waals surface area contributed by atoms with Crippen molar-refractivity contribution in [3.63, 3.8) is 0 Å². The molecule has 0 spiro atoms. The van der Waals surface area contributed by atoms with Crippen LogP contribution in [0.25, 0.3) is 0 Å². The van der Waals surface area contributed by atoms with Gasteiger partial charge >= 0.3 is 6.18 Å². The minimum atomic E-state index is -4.01. The SMILES string of the molecule is FC(F)(F)CCCN1CCN(CCCl)CC1. The van der Waals surface area contributed by atoms with Gasteiger partial charge in [-0.25, -0.2) is 0 Å². The van der Waals surface area contributed by atoms with Gasteiger partial charge < -0.3 is 4.90 Å². The molecule has 0 atom stereocenters. The van der Waals surface area contributed by atoms with E-state index >= 15 is 0 Å². The van der Waals surface area contributed by atoms with Crippen molar-refractivity contribution in [3.8, 4) is 0 Å². The molecule has 0 amide bonds. The van der Waals surface area contributed by atoms with Crippen molar-refractivity contribution < 1.29 is 13.2 Å². The smallest absolute Gasteiger partial charge is 0.301 e. The molecule has 0 aromatic rings. The minimum absolute atomic E-state index is 0.207. The number of alkyl halides is 4. The first-order valence-electron chi connectivity index (χ1n) is 5.59. The van der Waals surface area contributed by atoms with Gasteiger partial charge in [-0.3, -0.25) is 4.90 Å². The predicted octanol–water partition coefficient (Wildman–Crippen LogP) is 2.19. The fraction of sp³-hybridized carbons (Fsp3) is 1.00. The van der Waals surface area contributed by atoms with Crippen molar-refractivity contribution in [1.82, 2.24) is 9.80 Å². The van der Waals surface area contributed by atoms with Crippen molar-refractivity contribution in [2.75, 3.05) is 45.1 Å². The number of halogens is 4. The highest BCUT2D eigenvalue weighted by molar-refractivity contribution is 6.18. The maximum atomic E-state index is 11.9. The normalized spacial score (nSPS) is 20.2. The van der Waals surface area contributed by atoms with Crippen molar-refractivity contribution in [3.05, 3.63) is 0 Å². The summed E-state index contributed by atoms with van der Waals surface area (Å²) in [5.74, 6) is 0.619. The molecule has 1 fully saturated rings. The molecule has 0 bridgehead atoms. The van der Waals surface area contributed by atoms with Gasteiger partial charge in [0.25, 0.3) is 0 Å². The lowest BCUT2D eigenvalue weighted by molar-refractivity contribution is -0.136. The van der Waals surface area contributed by atoms with E-state index in [0.717, 1.165) is 32.7 Å². The molecule has 16 heavy (non-hydrogen) atoms. The zero-order valence-electron chi connectivity index (χ0n) is 9.27. The first kappa shape index (κ1) is 14.1. The lowest BCUT2D eigenvalue weighted by atomic mass is 10.2. The van der Waals surface area contributed by atoms with Crippen LogP contribution >= 0.6 is 11.6 Å². The van der Waals surface area contributed by atoms with Gasteiger partial charge in [0, 0.05) is 45.0 Å². The van der Waals surface area contributed by atoms with E-state index in [0.29, 0.717) is 12.4 Å². The molecule has 0 saturated carbocycles. The Morgan fingerprint density at radius 3 is 1.88 bits per heavy atom. The summed E-state index contributed by atoms with van der Waals surface area (Å²) in [5, 5.41) is 0. The third kappa shape index (κ3) is 5.92. The summed E-state index contributed by atoms with van der Waals surface area (Å²) in [4.78, 5) is 4.34. The molecule has 1 heterocycles. The molecule has 0 radical (unpaired) electrons. The van der Waals surface area contributed by atoms with Crippen LogP contribution in [0.15, 0.2) is 0 Å². The Kier molecular flexibility index (Phi) is 5.86. The largest absolute Gasteiger partial charge is 0.389 e. The minimum Gasteiger partial charge on any atom is -0.301 e. The van der Waals surface area contributed by atoms with Gasteiger partial charge in [0.05, 0.1) is 0 Å². The number of hydrogen-bond donors (Lipinski definition) is 0. The Labute approximate surface area is 99.3 Å². The van der Waals surface area contributed by atoms with E-state index in [4.69, 9.17) is 11.6 Å². The second-order valence-corrected chi connectivity index (χ2v) is 4.47. The fourth-order valence-electron chi connectivity index (χ4n) is 1.86. The summed E-state index contributed by atoms with van der Waals surface area (Å²) in [5.41, 5.74) is 0. The van der Waals surface area contributed by atoms with Gasteiger partial charge in [0.1, 0.15) is 0 Å². The van der Waals surface area contributed by atoms with Crippen LogP contribution < -0.4 is 0 Å². The van der Waals surface area contributed by atoms with Crippen molar-refractivity contribution in [1.29, 1.82) is 0 Å². The van der Waals surface area contributed by atoms with E-state index in [1.807, 2.05) is 0 Å². The molecule has 2 nitrogen and oxygen atoms in total. The molecule has 96 valence electrons. The zero-order chi connectivity index (χ0) is 12.0.